The Bertz CT molecular complexity index is 781. The second kappa shape index (κ2) is 6.88. The molecule has 0 saturated heterocycles. The first-order valence-electron chi connectivity index (χ1n) is 7.06. The molecule has 120 valence electrons. The number of hydrogen-bond acceptors (Lipinski definition) is 6. The average molecular weight is 333 g/mol. The Morgan fingerprint density at radius 1 is 1.17 bits per heavy atom. The van der Waals surface area contributed by atoms with Crippen molar-refractivity contribution < 1.29 is 4.39 Å². The van der Waals surface area contributed by atoms with Crippen molar-refractivity contribution in [2.24, 2.45) is 5.73 Å². The Kier molecular flexibility index (Phi) is 4.68. The summed E-state index contributed by atoms with van der Waals surface area (Å²) in [5.41, 5.74) is 6.52. The molecule has 3 aromatic rings. The molecule has 0 aliphatic rings. The highest BCUT2D eigenvalue weighted by molar-refractivity contribution is 7.99. The first kappa shape index (κ1) is 15.6. The normalized spacial score (nSPS) is 11.1. The molecule has 0 spiro atoms. The van der Waals surface area contributed by atoms with Crippen LogP contribution in [0.1, 0.15) is 11.6 Å². The zero-order valence-electron chi connectivity index (χ0n) is 12.6. The molecule has 0 unspecified atom stereocenters. The molecule has 0 saturated carbocycles. The lowest BCUT2D eigenvalue weighted by Gasteiger charge is -2.09. The van der Waals surface area contributed by atoms with E-state index >= 15 is 0 Å². The Balaban J connectivity index is 1.78. The molecule has 0 aliphatic heterocycles. The largest absolute Gasteiger partial charge is 0.324 e. The van der Waals surface area contributed by atoms with E-state index in [1.165, 1.54) is 12.1 Å². The van der Waals surface area contributed by atoms with E-state index in [-0.39, 0.29) is 12.4 Å². The fraction of sp³-hybridized carbons (Fsp3) is 0.286. The monoisotopic (exact) mass is 333 g/mol. The topological polar surface area (TPSA) is 87.4 Å². The minimum absolute atomic E-state index is 0.259. The maximum atomic E-state index is 13.1. The van der Waals surface area contributed by atoms with Crippen molar-refractivity contribution in [2.45, 2.75) is 25.2 Å². The first-order valence-corrected chi connectivity index (χ1v) is 8.05. The van der Waals surface area contributed by atoms with Crippen LogP contribution in [0.2, 0.25) is 0 Å². The zero-order valence-corrected chi connectivity index (χ0v) is 13.4. The molecule has 0 radical (unpaired) electrons. The van der Waals surface area contributed by atoms with Gasteiger partial charge in [0, 0.05) is 18.0 Å². The summed E-state index contributed by atoms with van der Waals surface area (Å²) in [6, 6.07) is 6.19. The summed E-state index contributed by atoms with van der Waals surface area (Å²) in [5, 5.41) is 16.8. The fourth-order valence-corrected chi connectivity index (χ4v) is 3.05. The van der Waals surface area contributed by atoms with E-state index in [1.807, 2.05) is 16.1 Å². The molecule has 1 aromatic carbocycles. The van der Waals surface area contributed by atoms with Crippen LogP contribution < -0.4 is 5.73 Å². The zero-order chi connectivity index (χ0) is 16.2. The van der Waals surface area contributed by atoms with Gasteiger partial charge >= 0.3 is 0 Å². The van der Waals surface area contributed by atoms with E-state index in [0.29, 0.717) is 5.82 Å². The lowest BCUT2D eigenvalue weighted by Crippen LogP contribution is -2.08. The summed E-state index contributed by atoms with van der Waals surface area (Å²) in [7, 11) is 0. The van der Waals surface area contributed by atoms with E-state index < -0.39 is 0 Å². The Hall–Kier alpha value is -2.26. The molecule has 0 bridgehead atoms. The van der Waals surface area contributed by atoms with Crippen molar-refractivity contribution in [1.82, 2.24) is 29.5 Å². The van der Waals surface area contributed by atoms with Crippen LogP contribution in [0.25, 0.3) is 5.69 Å². The Morgan fingerprint density at radius 2 is 1.96 bits per heavy atom. The molecule has 2 aromatic heterocycles. The van der Waals surface area contributed by atoms with Gasteiger partial charge in [-0.2, -0.15) is 0 Å². The van der Waals surface area contributed by atoms with Gasteiger partial charge in [-0.05, 0) is 31.2 Å². The van der Waals surface area contributed by atoms with E-state index in [1.54, 1.807) is 30.2 Å². The third-order valence-corrected chi connectivity index (χ3v) is 4.25. The summed E-state index contributed by atoms with van der Waals surface area (Å²) >= 11 is 1.55. The van der Waals surface area contributed by atoms with Crippen molar-refractivity contribution in [2.75, 3.05) is 5.75 Å². The molecule has 0 atom stereocenters. The number of hydrogen-bond donors (Lipinski definition) is 1. The highest BCUT2D eigenvalue weighted by atomic mass is 32.2. The minimum atomic E-state index is -0.284. The van der Waals surface area contributed by atoms with Crippen molar-refractivity contribution in [3.05, 3.63) is 48.1 Å². The maximum Gasteiger partial charge on any atom is 0.195 e. The summed E-state index contributed by atoms with van der Waals surface area (Å²) in [6.07, 6.45) is 1.70. The van der Waals surface area contributed by atoms with Gasteiger partial charge in [0.15, 0.2) is 11.0 Å². The quantitative estimate of drug-likeness (QED) is 0.689. The third-order valence-electron chi connectivity index (χ3n) is 3.34. The van der Waals surface area contributed by atoms with Crippen LogP contribution >= 0.6 is 11.8 Å². The van der Waals surface area contributed by atoms with Crippen LogP contribution in [0.5, 0.6) is 0 Å². The predicted molar refractivity (Wildman–Crippen MR) is 84.7 cm³/mol. The van der Waals surface area contributed by atoms with Crippen molar-refractivity contribution in [3.8, 4) is 5.69 Å². The Morgan fingerprint density at radius 3 is 2.61 bits per heavy atom. The number of benzene rings is 1. The molecular formula is C14H16FN7S. The molecule has 7 nitrogen and oxygen atoms in total. The van der Waals surface area contributed by atoms with Gasteiger partial charge < -0.3 is 10.3 Å². The summed E-state index contributed by atoms with van der Waals surface area (Å²) in [5.74, 6) is 2.00. The van der Waals surface area contributed by atoms with Gasteiger partial charge in [0.2, 0.25) is 0 Å². The molecular weight excluding hydrogens is 317 g/mol. The molecule has 2 heterocycles. The number of aromatic nitrogens is 6. The van der Waals surface area contributed by atoms with Gasteiger partial charge in [-0.3, -0.25) is 4.57 Å². The van der Waals surface area contributed by atoms with Gasteiger partial charge in [0.05, 0.1) is 6.54 Å². The van der Waals surface area contributed by atoms with Gasteiger partial charge in [-0.15, -0.1) is 20.4 Å². The maximum absolute atomic E-state index is 13.1. The van der Waals surface area contributed by atoms with Crippen LogP contribution in [-0.2, 0) is 13.1 Å². The highest BCUT2D eigenvalue weighted by Crippen LogP contribution is 2.22. The average Bonchev–Trinajstić information content (AvgIpc) is 3.15. The van der Waals surface area contributed by atoms with Gasteiger partial charge in [-0.1, -0.05) is 11.8 Å². The number of nitrogens with two attached hydrogens (primary N) is 1. The van der Waals surface area contributed by atoms with Crippen molar-refractivity contribution in [1.29, 1.82) is 0 Å². The second-order valence-electron chi connectivity index (χ2n) is 4.83. The number of aryl methyl sites for hydroxylation is 2. The number of thioether (sulfide) groups is 1. The van der Waals surface area contributed by atoms with Crippen LogP contribution in [0, 0.1) is 12.7 Å². The Labute approximate surface area is 136 Å². The van der Waals surface area contributed by atoms with Crippen LogP contribution in [0.4, 0.5) is 4.39 Å². The lowest BCUT2D eigenvalue weighted by molar-refractivity contribution is 0.627. The molecule has 0 aliphatic carbocycles. The molecule has 2 N–H and O–H groups in total. The summed E-state index contributed by atoms with van der Waals surface area (Å²) in [4.78, 5) is 0. The minimum Gasteiger partial charge on any atom is -0.324 e. The highest BCUT2D eigenvalue weighted by Gasteiger charge is 2.13. The number of nitrogens with zero attached hydrogens (tertiary/aromatic N) is 6. The van der Waals surface area contributed by atoms with E-state index in [9.17, 15) is 4.39 Å². The summed E-state index contributed by atoms with van der Waals surface area (Å²) < 4.78 is 16.9. The van der Waals surface area contributed by atoms with Gasteiger partial charge in [-0.25, -0.2) is 4.39 Å². The number of halogens is 1. The van der Waals surface area contributed by atoms with Crippen molar-refractivity contribution in [3.63, 3.8) is 0 Å². The molecule has 23 heavy (non-hydrogen) atoms. The first-order chi connectivity index (χ1) is 11.2. The third kappa shape index (κ3) is 3.40. The predicted octanol–water partition coefficient (Wildman–Crippen LogP) is 1.56. The SMILES string of the molecule is Cc1nncn1CCSc1nnc(CN)n1-c1ccc(F)cc1. The van der Waals surface area contributed by atoms with Gasteiger partial charge in [0.25, 0.3) is 0 Å². The van der Waals surface area contributed by atoms with E-state index in [0.717, 1.165) is 29.0 Å². The molecule has 0 amide bonds. The van der Waals surface area contributed by atoms with Crippen LogP contribution in [-0.4, -0.2) is 35.3 Å². The van der Waals surface area contributed by atoms with E-state index in [2.05, 4.69) is 20.4 Å². The second-order valence-corrected chi connectivity index (χ2v) is 5.90. The van der Waals surface area contributed by atoms with Gasteiger partial charge in [0.1, 0.15) is 18.0 Å². The standard InChI is InChI=1S/C14H16FN7S/c1-10-18-17-9-21(10)6-7-23-14-20-19-13(8-16)22(14)12-4-2-11(15)3-5-12/h2-5,9H,6-8,16H2,1H3. The molecule has 9 heteroatoms. The molecule has 3 rings (SSSR count). The summed E-state index contributed by atoms with van der Waals surface area (Å²) in [6.45, 7) is 2.93. The van der Waals surface area contributed by atoms with Crippen molar-refractivity contribution >= 4 is 11.8 Å². The lowest BCUT2D eigenvalue weighted by atomic mass is 10.3. The van der Waals surface area contributed by atoms with E-state index in [4.69, 9.17) is 5.73 Å². The molecule has 0 fully saturated rings. The smallest absolute Gasteiger partial charge is 0.195 e. The fourth-order valence-electron chi connectivity index (χ4n) is 2.14. The van der Waals surface area contributed by atoms with Crippen LogP contribution in [0.15, 0.2) is 35.7 Å². The number of rotatable bonds is 6. The van der Waals surface area contributed by atoms with Crippen LogP contribution in [0.3, 0.4) is 0 Å².